The highest BCUT2D eigenvalue weighted by atomic mass is 79.9. The van der Waals surface area contributed by atoms with E-state index in [-0.39, 0.29) is 0 Å². The van der Waals surface area contributed by atoms with Crippen LogP contribution in [0.5, 0.6) is 0 Å². The first-order valence-corrected chi connectivity index (χ1v) is 7.80. The smallest absolute Gasteiger partial charge is 0.0242 e. The van der Waals surface area contributed by atoms with Gasteiger partial charge in [-0.15, -0.1) is 0 Å². The summed E-state index contributed by atoms with van der Waals surface area (Å²) in [4.78, 5) is 2.35. The van der Waals surface area contributed by atoms with Gasteiger partial charge in [-0.3, -0.25) is 0 Å². The van der Waals surface area contributed by atoms with Gasteiger partial charge in [0.1, 0.15) is 0 Å². The molecule has 0 unspecified atom stereocenters. The molecule has 2 nitrogen and oxygen atoms in total. The van der Waals surface area contributed by atoms with Crippen molar-refractivity contribution in [3.05, 3.63) is 34.3 Å². The third-order valence-corrected chi connectivity index (χ3v) is 3.89. The molecule has 0 aliphatic rings. The Bertz CT molecular complexity index is 371. The normalized spacial score (nSPS) is 12.1. The Morgan fingerprint density at radius 2 is 1.84 bits per heavy atom. The molecule has 19 heavy (non-hydrogen) atoms. The van der Waals surface area contributed by atoms with Crippen LogP contribution < -0.4 is 5.32 Å². The fourth-order valence-corrected chi connectivity index (χ4v) is 2.26. The second-order valence-electron chi connectivity index (χ2n) is 6.39. The van der Waals surface area contributed by atoms with Gasteiger partial charge in [-0.1, -0.05) is 54.9 Å². The molecular formula is C16H27BrN2. The molecule has 0 aliphatic carbocycles. The maximum absolute atomic E-state index is 3.60. The van der Waals surface area contributed by atoms with Crippen molar-refractivity contribution in [3.63, 3.8) is 0 Å². The average Bonchev–Trinajstić information content (AvgIpc) is 2.30. The number of nitrogens with zero attached hydrogens (tertiary/aromatic N) is 1. The molecule has 0 fully saturated rings. The molecule has 0 heterocycles. The molecule has 1 aromatic carbocycles. The fourth-order valence-electron chi connectivity index (χ4n) is 1.85. The third kappa shape index (κ3) is 7.71. The second kappa shape index (κ2) is 8.03. The van der Waals surface area contributed by atoms with E-state index in [4.69, 9.17) is 0 Å². The SMILES string of the molecule is CN(CCNCCC(C)(C)C)Cc1ccccc1Br. The molecule has 0 atom stereocenters. The Kier molecular flexibility index (Phi) is 7.05. The van der Waals surface area contributed by atoms with E-state index < -0.39 is 0 Å². The Morgan fingerprint density at radius 3 is 2.47 bits per heavy atom. The summed E-state index contributed by atoms with van der Waals surface area (Å²) in [6.45, 7) is 11.1. The number of hydrogen-bond donors (Lipinski definition) is 1. The summed E-state index contributed by atoms with van der Waals surface area (Å²) >= 11 is 3.60. The van der Waals surface area contributed by atoms with Crippen LogP contribution in [0.15, 0.2) is 28.7 Å². The van der Waals surface area contributed by atoms with Crippen LogP contribution in [-0.2, 0) is 6.54 Å². The van der Waals surface area contributed by atoms with Crippen molar-refractivity contribution in [1.82, 2.24) is 10.2 Å². The second-order valence-corrected chi connectivity index (χ2v) is 7.24. The number of halogens is 1. The zero-order valence-corrected chi connectivity index (χ0v) is 14.3. The number of hydrogen-bond acceptors (Lipinski definition) is 2. The molecule has 3 heteroatoms. The third-order valence-electron chi connectivity index (χ3n) is 3.12. The van der Waals surface area contributed by atoms with Gasteiger partial charge in [-0.25, -0.2) is 0 Å². The number of likely N-dealkylation sites (N-methyl/N-ethyl adjacent to an activating group) is 1. The fraction of sp³-hybridized carbons (Fsp3) is 0.625. The predicted molar refractivity (Wildman–Crippen MR) is 87.4 cm³/mol. The van der Waals surface area contributed by atoms with Gasteiger partial charge in [-0.05, 0) is 37.1 Å². The van der Waals surface area contributed by atoms with Crippen molar-refractivity contribution < 1.29 is 0 Å². The standard InChI is InChI=1S/C16H27BrN2/c1-16(2,3)9-10-18-11-12-19(4)13-14-7-5-6-8-15(14)17/h5-8,18H,9-13H2,1-4H3. The minimum absolute atomic E-state index is 0.424. The van der Waals surface area contributed by atoms with Crippen molar-refractivity contribution >= 4 is 15.9 Å². The van der Waals surface area contributed by atoms with E-state index in [1.165, 1.54) is 16.5 Å². The summed E-state index contributed by atoms with van der Waals surface area (Å²) < 4.78 is 1.20. The highest BCUT2D eigenvalue weighted by molar-refractivity contribution is 9.10. The first kappa shape index (κ1) is 16.7. The largest absolute Gasteiger partial charge is 0.315 e. The zero-order chi connectivity index (χ0) is 14.3. The van der Waals surface area contributed by atoms with Crippen LogP contribution in [0.2, 0.25) is 0 Å². The molecule has 0 aromatic heterocycles. The zero-order valence-electron chi connectivity index (χ0n) is 12.7. The monoisotopic (exact) mass is 326 g/mol. The van der Waals surface area contributed by atoms with Crippen molar-refractivity contribution in [2.75, 3.05) is 26.7 Å². The van der Waals surface area contributed by atoms with Gasteiger partial charge in [-0.2, -0.15) is 0 Å². The summed E-state index contributed by atoms with van der Waals surface area (Å²) in [6.07, 6.45) is 1.22. The van der Waals surface area contributed by atoms with Gasteiger partial charge in [0, 0.05) is 24.1 Å². The van der Waals surface area contributed by atoms with E-state index in [1.54, 1.807) is 0 Å². The average molecular weight is 327 g/mol. The quantitative estimate of drug-likeness (QED) is 0.764. The van der Waals surface area contributed by atoms with E-state index in [0.717, 1.165) is 26.2 Å². The van der Waals surface area contributed by atoms with Crippen LogP contribution in [0.25, 0.3) is 0 Å². The van der Waals surface area contributed by atoms with Crippen LogP contribution in [0.1, 0.15) is 32.8 Å². The molecule has 1 N–H and O–H groups in total. The topological polar surface area (TPSA) is 15.3 Å². The molecule has 0 aliphatic heterocycles. The summed E-state index contributed by atoms with van der Waals surface area (Å²) in [6, 6.07) is 8.43. The predicted octanol–water partition coefficient (Wildman–Crippen LogP) is 3.91. The lowest BCUT2D eigenvalue weighted by molar-refractivity contribution is 0.314. The van der Waals surface area contributed by atoms with E-state index in [9.17, 15) is 0 Å². The van der Waals surface area contributed by atoms with Crippen molar-refractivity contribution in [2.45, 2.75) is 33.7 Å². The molecule has 0 amide bonds. The summed E-state index contributed by atoms with van der Waals surface area (Å²) in [5.41, 5.74) is 1.77. The summed E-state index contributed by atoms with van der Waals surface area (Å²) in [7, 11) is 2.17. The number of benzene rings is 1. The lowest BCUT2D eigenvalue weighted by atomic mass is 9.92. The highest BCUT2D eigenvalue weighted by Gasteiger charge is 2.09. The van der Waals surface area contributed by atoms with Gasteiger partial charge >= 0.3 is 0 Å². The molecule has 1 rings (SSSR count). The number of rotatable bonds is 7. The molecule has 0 saturated carbocycles. The highest BCUT2D eigenvalue weighted by Crippen LogP contribution is 2.17. The molecule has 1 aromatic rings. The molecule has 0 radical (unpaired) electrons. The summed E-state index contributed by atoms with van der Waals surface area (Å²) in [5.74, 6) is 0. The minimum atomic E-state index is 0.424. The maximum atomic E-state index is 3.60. The van der Waals surface area contributed by atoms with Gasteiger partial charge in [0.05, 0.1) is 0 Å². The molecule has 0 bridgehead atoms. The molecule has 0 saturated heterocycles. The Hall–Kier alpha value is -0.380. The van der Waals surface area contributed by atoms with E-state index in [1.807, 2.05) is 0 Å². The van der Waals surface area contributed by atoms with Crippen molar-refractivity contribution in [1.29, 1.82) is 0 Å². The van der Waals surface area contributed by atoms with Crippen LogP contribution in [0.3, 0.4) is 0 Å². The van der Waals surface area contributed by atoms with Gasteiger partial charge < -0.3 is 10.2 Å². The van der Waals surface area contributed by atoms with Crippen LogP contribution in [-0.4, -0.2) is 31.6 Å². The Labute approximate surface area is 126 Å². The minimum Gasteiger partial charge on any atom is -0.315 e. The Morgan fingerprint density at radius 1 is 1.16 bits per heavy atom. The van der Waals surface area contributed by atoms with Crippen molar-refractivity contribution in [2.24, 2.45) is 5.41 Å². The molecular weight excluding hydrogens is 300 g/mol. The molecule has 108 valence electrons. The van der Waals surface area contributed by atoms with E-state index in [2.05, 4.69) is 78.2 Å². The van der Waals surface area contributed by atoms with E-state index >= 15 is 0 Å². The first-order chi connectivity index (χ1) is 8.88. The van der Waals surface area contributed by atoms with Crippen LogP contribution >= 0.6 is 15.9 Å². The maximum Gasteiger partial charge on any atom is 0.0242 e. The number of nitrogens with one attached hydrogen (secondary N) is 1. The lowest BCUT2D eigenvalue weighted by Crippen LogP contribution is -2.30. The van der Waals surface area contributed by atoms with Gasteiger partial charge in [0.15, 0.2) is 0 Å². The van der Waals surface area contributed by atoms with Crippen LogP contribution in [0, 0.1) is 5.41 Å². The summed E-state index contributed by atoms with van der Waals surface area (Å²) in [5, 5.41) is 3.52. The van der Waals surface area contributed by atoms with E-state index in [0.29, 0.717) is 5.41 Å². The molecule has 0 spiro atoms. The van der Waals surface area contributed by atoms with Crippen LogP contribution in [0.4, 0.5) is 0 Å². The Balaban J connectivity index is 2.18. The lowest BCUT2D eigenvalue weighted by Gasteiger charge is -2.20. The van der Waals surface area contributed by atoms with Crippen molar-refractivity contribution in [3.8, 4) is 0 Å². The first-order valence-electron chi connectivity index (χ1n) is 7.01. The van der Waals surface area contributed by atoms with Gasteiger partial charge in [0.25, 0.3) is 0 Å². The van der Waals surface area contributed by atoms with Gasteiger partial charge in [0.2, 0.25) is 0 Å².